The van der Waals surface area contributed by atoms with Gasteiger partial charge in [-0.15, -0.1) is 11.8 Å². The highest BCUT2D eigenvalue weighted by atomic mass is 32.2. The van der Waals surface area contributed by atoms with Crippen LogP contribution in [0, 0.1) is 13.8 Å². The van der Waals surface area contributed by atoms with Gasteiger partial charge in [-0.1, -0.05) is 60.7 Å². The topological polar surface area (TPSA) is 49.4 Å². The van der Waals surface area contributed by atoms with E-state index in [4.69, 9.17) is 0 Å². The molecule has 1 heterocycles. The maximum absolute atomic E-state index is 12.8. The fraction of sp³-hybridized carbons (Fsp3) is 0.259. The van der Waals surface area contributed by atoms with E-state index in [1.807, 2.05) is 66.4 Å². The zero-order valence-corrected chi connectivity index (χ0v) is 19.5. The number of nitrogens with zero attached hydrogens (tertiary/aromatic N) is 1. The first kappa shape index (κ1) is 22.2. The molecule has 3 aromatic rings. The molecule has 4 rings (SSSR count). The molecule has 0 radical (unpaired) electrons. The summed E-state index contributed by atoms with van der Waals surface area (Å²) in [6, 6.07) is 23.9. The van der Waals surface area contributed by atoms with Crippen LogP contribution >= 0.6 is 11.8 Å². The third-order valence-corrected chi connectivity index (χ3v) is 7.26. The number of hydrogen-bond donors (Lipinski definition) is 1. The molecule has 1 aliphatic heterocycles. The van der Waals surface area contributed by atoms with Crippen molar-refractivity contribution >= 4 is 23.6 Å². The smallest absolute Gasteiger partial charge is 0.251 e. The summed E-state index contributed by atoms with van der Waals surface area (Å²) >= 11 is 1.63. The van der Waals surface area contributed by atoms with E-state index in [1.165, 1.54) is 11.1 Å². The van der Waals surface area contributed by atoms with Crippen LogP contribution in [0.15, 0.2) is 72.8 Å². The van der Waals surface area contributed by atoms with Crippen molar-refractivity contribution in [3.8, 4) is 0 Å². The molecule has 1 saturated heterocycles. The predicted octanol–water partition coefficient (Wildman–Crippen LogP) is 5.57. The third-order valence-electron chi connectivity index (χ3n) is 6.00. The van der Waals surface area contributed by atoms with Crippen molar-refractivity contribution in [1.82, 2.24) is 10.2 Å². The van der Waals surface area contributed by atoms with E-state index < -0.39 is 0 Å². The molecule has 0 aliphatic carbocycles. The van der Waals surface area contributed by atoms with E-state index in [-0.39, 0.29) is 23.2 Å². The van der Waals surface area contributed by atoms with Crippen LogP contribution in [-0.4, -0.2) is 22.5 Å². The van der Waals surface area contributed by atoms with Gasteiger partial charge in [0.25, 0.3) is 5.91 Å². The average Bonchev–Trinajstić information content (AvgIpc) is 3.16. The number of carbonyl (C=O) groups excluding carboxylic acids is 2. The van der Waals surface area contributed by atoms with Gasteiger partial charge in [0.05, 0.1) is 11.8 Å². The molecule has 0 aromatic heterocycles. The lowest BCUT2D eigenvalue weighted by molar-refractivity contribution is -0.128. The van der Waals surface area contributed by atoms with Crippen molar-refractivity contribution in [1.29, 1.82) is 0 Å². The summed E-state index contributed by atoms with van der Waals surface area (Å²) in [5.74, 6) is 0.527. The van der Waals surface area contributed by atoms with Crippen LogP contribution < -0.4 is 5.32 Å². The minimum absolute atomic E-state index is 0.0331. The monoisotopic (exact) mass is 444 g/mol. The molecule has 3 aromatic carbocycles. The van der Waals surface area contributed by atoms with Gasteiger partial charge in [0, 0.05) is 12.1 Å². The summed E-state index contributed by atoms with van der Waals surface area (Å²) < 4.78 is 0. The summed E-state index contributed by atoms with van der Waals surface area (Å²) in [5.41, 5.74) is 6.33. The van der Waals surface area contributed by atoms with E-state index in [0.717, 1.165) is 16.7 Å². The van der Waals surface area contributed by atoms with Gasteiger partial charge in [-0.3, -0.25) is 9.59 Å². The molecule has 2 amide bonds. The van der Waals surface area contributed by atoms with Gasteiger partial charge in [-0.25, -0.2) is 0 Å². The van der Waals surface area contributed by atoms with Crippen molar-refractivity contribution < 1.29 is 9.59 Å². The second-order valence-corrected chi connectivity index (χ2v) is 9.40. The molecule has 32 heavy (non-hydrogen) atoms. The maximum Gasteiger partial charge on any atom is 0.251 e. The van der Waals surface area contributed by atoms with Crippen molar-refractivity contribution in [3.63, 3.8) is 0 Å². The van der Waals surface area contributed by atoms with Gasteiger partial charge in [0.2, 0.25) is 5.91 Å². The molecule has 0 spiro atoms. The van der Waals surface area contributed by atoms with Crippen LogP contribution in [0.5, 0.6) is 0 Å². The second kappa shape index (κ2) is 9.61. The maximum atomic E-state index is 12.8. The Morgan fingerprint density at radius 1 is 1.03 bits per heavy atom. The van der Waals surface area contributed by atoms with Crippen molar-refractivity contribution in [2.45, 2.75) is 38.7 Å². The SMILES string of the molecule is Cc1ccc([C@H](C)NC(=O)c2ccc([C@H]3SCC(=O)N3Cc3ccccc3)cc2)cc1C. The zero-order chi connectivity index (χ0) is 22.7. The van der Waals surface area contributed by atoms with Crippen molar-refractivity contribution in [2.75, 3.05) is 5.75 Å². The van der Waals surface area contributed by atoms with E-state index in [2.05, 4.69) is 37.4 Å². The van der Waals surface area contributed by atoms with Crippen LogP contribution in [-0.2, 0) is 11.3 Å². The van der Waals surface area contributed by atoms with Gasteiger partial charge >= 0.3 is 0 Å². The highest BCUT2D eigenvalue weighted by Crippen LogP contribution is 2.39. The van der Waals surface area contributed by atoms with Gasteiger partial charge in [-0.05, 0) is 60.7 Å². The van der Waals surface area contributed by atoms with Gasteiger partial charge < -0.3 is 10.2 Å². The fourth-order valence-electron chi connectivity index (χ4n) is 3.88. The highest BCUT2D eigenvalue weighted by molar-refractivity contribution is 8.00. The first-order valence-corrected chi connectivity index (χ1v) is 11.9. The Labute approximate surface area is 194 Å². The lowest BCUT2D eigenvalue weighted by Gasteiger charge is -2.24. The number of thioether (sulfide) groups is 1. The van der Waals surface area contributed by atoms with Crippen molar-refractivity contribution in [2.24, 2.45) is 0 Å². The number of hydrogen-bond acceptors (Lipinski definition) is 3. The van der Waals surface area contributed by atoms with Crippen LogP contribution in [0.2, 0.25) is 0 Å². The minimum atomic E-state index is -0.0985. The normalized spacial score (nSPS) is 16.8. The van der Waals surface area contributed by atoms with Crippen LogP contribution in [0.25, 0.3) is 0 Å². The Kier molecular flexibility index (Phi) is 6.66. The number of nitrogens with one attached hydrogen (secondary N) is 1. The van der Waals surface area contributed by atoms with E-state index in [1.54, 1.807) is 11.8 Å². The average molecular weight is 445 g/mol. The van der Waals surface area contributed by atoms with Gasteiger partial charge in [0.1, 0.15) is 5.37 Å². The standard InChI is InChI=1S/C27H28N2O2S/c1-18-9-10-24(15-19(18)2)20(3)28-26(31)22-11-13-23(14-12-22)27-29(25(30)17-32-27)16-21-7-5-4-6-8-21/h4-15,20,27H,16-17H2,1-3H3,(H,28,31)/t20-,27+/m0/s1. The second-order valence-electron chi connectivity index (χ2n) is 8.33. The molecule has 1 aliphatic rings. The molecule has 1 N–H and O–H groups in total. The molecule has 0 bridgehead atoms. The molecule has 0 saturated carbocycles. The van der Waals surface area contributed by atoms with Crippen LogP contribution in [0.4, 0.5) is 0 Å². The molecule has 5 heteroatoms. The fourth-order valence-corrected chi connectivity index (χ4v) is 5.07. The summed E-state index contributed by atoms with van der Waals surface area (Å²) in [4.78, 5) is 27.2. The van der Waals surface area contributed by atoms with E-state index >= 15 is 0 Å². The minimum Gasteiger partial charge on any atom is -0.346 e. The van der Waals surface area contributed by atoms with Crippen molar-refractivity contribution in [3.05, 3.63) is 106 Å². The molecule has 2 atom stereocenters. The first-order valence-electron chi connectivity index (χ1n) is 10.9. The molecular weight excluding hydrogens is 416 g/mol. The third kappa shape index (κ3) is 4.89. The van der Waals surface area contributed by atoms with Gasteiger partial charge in [0.15, 0.2) is 0 Å². The first-order chi connectivity index (χ1) is 15.4. The molecule has 0 unspecified atom stereocenters. The molecule has 4 nitrogen and oxygen atoms in total. The number of amides is 2. The molecule has 164 valence electrons. The summed E-state index contributed by atoms with van der Waals surface area (Å²) in [6.45, 7) is 6.76. The number of aryl methyl sites for hydroxylation is 2. The Bertz CT molecular complexity index is 1110. The summed E-state index contributed by atoms with van der Waals surface area (Å²) in [6.07, 6.45) is 0. The van der Waals surface area contributed by atoms with E-state index in [0.29, 0.717) is 17.9 Å². The Morgan fingerprint density at radius 3 is 2.44 bits per heavy atom. The highest BCUT2D eigenvalue weighted by Gasteiger charge is 2.32. The number of benzene rings is 3. The Hall–Kier alpha value is -3.05. The lowest BCUT2D eigenvalue weighted by Crippen LogP contribution is -2.28. The number of rotatable bonds is 6. The van der Waals surface area contributed by atoms with Gasteiger partial charge in [-0.2, -0.15) is 0 Å². The summed E-state index contributed by atoms with van der Waals surface area (Å²) in [7, 11) is 0. The quantitative estimate of drug-likeness (QED) is 0.541. The van der Waals surface area contributed by atoms with Crippen LogP contribution in [0.3, 0.4) is 0 Å². The van der Waals surface area contributed by atoms with E-state index in [9.17, 15) is 9.59 Å². The largest absolute Gasteiger partial charge is 0.346 e. The Morgan fingerprint density at radius 2 is 1.75 bits per heavy atom. The molecular formula is C27H28N2O2S. The molecule has 1 fully saturated rings. The Balaban J connectivity index is 1.44. The van der Waals surface area contributed by atoms with Crippen LogP contribution in [0.1, 0.15) is 56.5 Å². The zero-order valence-electron chi connectivity index (χ0n) is 18.7. The number of carbonyl (C=O) groups is 2. The summed E-state index contributed by atoms with van der Waals surface area (Å²) in [5, 5.41) is 3.05. The predicted molar refractivity (Wildman–Crippen MR) is 130 cm³/mol. The lowest BCUT2D eigenvalue weighted by atomic mass is 10.0.